The van der Waals surface area contributed by atoms with Gasteiger partial charge in [-0.25, -0.2) is 15.5 Å². The van der Waals surface area contributed by atoms with Crippen molar-refractivity contribution in [3.8, 4) is 22.8 Å². The molecule has 0 amide bonds. The molecule has 2 aliphatic heterocycles. The van der Waals surface area contributed by atoms with Crippen LogP contribution in [0.1, 0.15) is 13.0 Å². The van der Waals surface area contributed by atoms with Gasteiger partial charge in [0, 0.05) is 11.6 Å². The fraction of sp³-hybridized carbons (Fsp3) is 0.333. The molecule has 3 heterocycles. The normalized spacial score (nSPS) is 18.8. The van der Waals surface area contributed by atoms with Gasteiger partial charge in [0.2, 0.25) is 6.79 Å². The molecule has 1 saturated heterocycles. The van der Waals surface area contributed by atoms with Crippen molar-refractivity contribution in [1.82, 2.24) is 36.9 Å². The van der Waals surface area contributed by atoms with Crippen molar-refractivity contribution in [2.24, 2.45) is 0 Å². The molecule has 1 unspecified atom stereocenters. The van der Waals surface area contributed by atoms with Gasteiger partial charge in [-0.2, -0.15) is 11.1 Å². The molecule has 4 rings (SSSR count). The minimum absolute atomic E-state index is 0.0246. The lowest BCUT2D eigenvalue weighted by atomic mass is 10.1. The van der Waals surface area contributed by atoms with Crippen LogP contribution in [0.4, 0.5) is 0 Å². The number of hydrogen-bond acceptors (Lipinski definition) is 8. The van der Waals surface area contributed by atoms with Gasteiger partial charge in [-0.3, -0.25) is 0 Å². The van der Waals surface area contributed by atoms with Crippen LogP contribution in [0.3, 0.4) is 0 Å². The van der Waals surface area contributed by atoms with Crippen LogP contribution < -0.4 is 31.4 Å². The molecule has 2 aromatic rings. The second kappa shape index (κ2) is 5.38. The highest BCUT2D eigenvalue weighted by Gasteiger charge is 2.24. The molecule has 0 bridgehead atoms. The van der Waals surface area contributed by atoms with Crippen LogP contribution in [-0.2, 0) is 0 Å². The summed E-state index contributed by atoms with van der Waals surface area (Å²) in [7, 11) is 0. The maximum Gasteiger partial charge on any atom is 0.231 e. The molecule has 4 N–H and O–H groups in total. The van der Waals surface area contributed by atoms with Crippen LogP contribution in [0.2, 0.25) is 5.02 Å². The minimum Gasteiger partial charge on any atom is -0.454 e. The maximum absolute atomic E-state index is 6.30. The van der Waals surface area contributed by atoms with Gasteiger partial charge in [0.1, 0.15) is 11.9 Å². The van der Waals surface area contributed by atoms with Crippen LogP contribution in [0, 0.1) is 0 Å². The number of rotatable bonds is 3. The lowest BCUT2D eigenvalue weighted by molar-refractivity contribution is 0.174. The standard InChI is InChI=1S/C12H14ClN7O2/c1-6(12-15-17-18-16-12)20-4-9(14-19-20)7-2-10-11(3-8(7)13)22-5-21-10/h2-4,6,12,15-18H,5H2,1H3. The molecule has 22 heavy (non-hydrogen) atoms. The third-order valence-electron chi connectivity index (χ3n) is 3.67. The smallest absolute Gasteiger partial charge is 0.231 e. The second-order valence-corrected chi connectivity index (χ2v) is 5.43. The van der Waals surface area contributed by atoms with Gasteiger partial charge in [-0.15, -0.1) is 5.10 Å². The summed E-state index contributed by atoms with van der Waals surface area (Å²) >= 11 is 6.30. The van der Waals surface area contributed by atoms with Crippen molar-refractivity contribution in [3.63, 3.8) is 0 Å². The molecule has 1 fully saturated rings. The average molecular weight is 324 g/mol. The van der Waals surface area contributed by atoms with E-state index in [1.165, 1.54) is 0 Å². The number of aromatic nitrogens is 3. The van der Waals surface area contributed by atoms with Crippen molar-refractivity contribution in [2.75, 3.05) is 6.79 Å². The maximum atomic E-state index is 6.30. The average Bonchev–Trinajstić information content (AvgIpc) is 3.26. The molecule has 0 radical (unpaired) electrons. The Morgan fingerprint density at radius 1 is 1.27 bits per heavy atom. The van der Waals surface area contributed by atoms with Crippen molar-refractivity contribution in [2.45, 2.75) is 19.1 Å². The van der Waals surface area contributed by atoms with Gasteiger partial charge in [0.15, 0.2) is 11.5 Å². The molecular formula is C12H14ClN7O2. The molecule has 116 valence electrons. The largest absolute Gasteiger partial charge is 0.454 e. The zero-order chi connectivity index (χ0) is 15.1. The molecule has 1 aromatic heterocycles. The summed E-state index contributed by atoms with van der Waals surface area (Å²) in [5, 5.41) is 8.92. The Bertz CT molecular complexity index is 701. The minimum atomic E-state index is -0.0261. The van der Waals surface area contributed by atoms with Gasteiger partial charge >= 0.3 is 0 Å². The molecule has 9 nitrogen and oxygen atoms in total. The molecule has 10 heteroatoms. The predicted octanol–water partition coefficient (Wildman–Crippen LogP) is 0.331. The number of nitrogens with zero attached hydrogens (tertiary/aromatic N) is 3. The highest BCUT2D eigenvalue weighted by atomic mass is 35.5. The first-order valence-electron chi connectivity index (χ1n) is 6.75. The summed E-state index contributed by atoms with van der Waals surface area (Å²) in [6, 6.07) is 3.57. The molecule has 0 aliphatic carbocycles. The fourth-order valence-electron chi connectivity index (χ4n) is 2.37. The topological polar surface area (TPSA) is 97.3 Å². The number of halogens is 1. The van der Waals surface area contributed by atoms with Crippen LogP contribution >= 0.6 is 11.6 Å². The highest BCUT2D eigenvalue weighted by Crippen LogP contribution is 2.40. The first-order valence-corrected chi connectivity index (χ1v) is 7.12. The Labute approximate surface area is 130 Å². The van der Waals surface area contributed by atoms with Crippen molar-refractivity contribution in [3.05, 3.63) is 23.4 Å². The van der Waals surface area contributed by atoms with Crippen LogP contribution in [-0.4, -0.2) is 28.0 Å². The van der Waals surface area contributed by atoms with E-state index in [1.807, 2.05) is 19.2 Å². The predicted molar refractivity (Wildman–Crippen MR) is 77.6 cm³/mol. The second-order valence-electron chi connectivity index (χ2n) is 5.03. The number of nitrogens with one attached hydrogen (secondary N) is 4. The highest BCUT2D eigenvalue weighted by molar-refractivity contribution is 6.33. The summed E-state index contributed by atoms with van der Waals surface area (Å²) in [5.41, 5.74) is 13.0. The molecule has 2 aliphatic rings. The van der Waals surface area contributed by atoms with Crippen LogP contribution in [0.15, 0.2) is 18.3 Å². The number of fused-ring (bicyclic) bond motifs is 1. The van der Waals surface area contributed by atoms with Crippen molar-refractivity contribution < 1.29 is 9.47 Å². The van der Waals surface area contributed by atoms with E-state index in [9.17, 15) is 0 Å². The zero-order valence-corrected chi connectivity index (χ0v) is 12.4. The first-order chi connectivity index (χ1) is 10.7. The van der Waals surface area contributed by atoms with E-state index in [2.05, 4.69) is 32.2 Å². The number of ether oxygens (including phenoxy) is 2. The summed E-state index contributed by atoms with van der Waals surface area (Å²) < 4.78 is 12.4. The SMILES string of the molecule is CC(C1NNNN1)n1cc(-c2cc3c(cc2Cl)OCO3)nn1. The fourth-order valence-corrected chi connectivity index (χ4v) is 2.62. The van der Waals surface area contributed by atoms with E-state index in [0.29, 0.717) is 22.2 Å². The van der Waals surface area contributed by atoms with E-state index in [-0.39, 0.29) is 19.0 Å². The van der Waals surface area contributed by atoms with Gasteiger partial charge in [-0.1, -0.05) is 16.8 Å². The van der Waals surface area contributed by atoms with E-state index >= 15 is 0 Å². The number of benzene rings is 1. The Hall–Kier alpha value is -1.91. The van der Waals surface area contributed by atoms with Gasteiger partial charge in [0.25, 0.3) is 0 Å². The number of hydrogen-bond donors (Lipinski definition) is 4. The summed E-state index contributed by atoms with van der Waals surface area (Å²) in [5.74, 6) is 1.31. The molecule has 1 aromatic carbocycles. The summed E-state index contributed by atoms with van der Waals surface area (Å²) in [4.78, 5) is 0. The van der Waals surface area contributed by atoms with Gasteiger partial charge < -0.3 is 9.47 Å². The lowest BCUT2D eigenvalue weighted by Crippen LogP contribution is -2.41. The first kappa shape index (κ1) is 13.7. The third-order valence-corrected chi connectivity index (χ3v) is 3.98. The van der Waals surface area contributed by atoms with Crippen LogP contribution in [0.5, 0.6) is 11.5 Å². The third kappa shape index (κ3) is 2.28. The summed E-state index contributed by atoms with van der Waals surface area (Å²) in [6.07, 6.45) is 1.82. The Morgan fingerprint density at radius 3 is 2.77 bits per heavy atom. The van der Waals surface area contributed by atoms with Crippen molar-refractivity contribution in [1.29, 1.82) is 0 Å². The molecule has 0 saturated carbocycles. The lowest BCUT2D eigenvalue weighted by Gasteiger charge is -2.17. The Balaban J connectivity index is 1.64. The van der Waals surface area contributed by atoms with E-state index in [4.69, 9.17) is 21.1 Å². The van der Waals surface area contributed by atoms with Crippen molar-refractivity contribution >= 4 is 11.6 Å². The zero-order valence-electron chi connectivity index (χ0n) is 11.6. The van der Waals surface area contributed by atoms with Gasteiger partial charge in [-0.05, 0) is 13.0 Å². The van der Waals surface area contributed by atoms with E-state index in [0.717, 1.165) is 5.56 Å². The molecular weight excluding hydrogens is 310 g/mol. The Kier molecular flexibility index (Phi) is 3.36. The monoisotopic (exact) mass is 323 g/mol. The Morgan fingerprint density at radius 2 is 2.00 bits per heavy atom. The quantitative estimate of drug-likeness (QED) is 0.642. The van der Waals surface area contributed by atoms with Crippen LogP contribution in [0.25, 0.3) is 11.3 Å². The van der Waals surface area contributed by atoms with Gasteiger partial charge in [0.05, 0.1) is 17.3 Å². The summed E-state index contributed by atoms with van der Waals surface area (Å²) in [6.45, 7) is 2.22. The molecule has 0 spiro atoms. The van der Waals surface area contributed by atoms with E-state index in [1.54, 1.807) is 10.7 Å². The molecule has 1 atom stereocenters. The van der Waals surface area contributed by atoms with E-state index < -0.39 is 0 Å². The number of hydrazine groups is 3.